The summed E-state index contributed by atoms with van der Waals surface area (Å²) in [6.07, 6.45) is -4.26. The Hall–Kier alpha value is -3.00. The Balaban J connectivity index is 1.85. The van der Waals surface area contributed by atoms with Gasteiger partial charge in [0, 0.05) is 18.9 Å². The average Bonchev–Trinajstić information content (AvgIpc) is 3.11. The summed E-state index contributed by atoms with van der Waals surface area (Å²) in [7, 11) is 3.00. The molecule has 0 saturated carbocycles. The average molecular weight is 406 g/mol. The molecule has 0 saturated heterocycles. The molecule has 0 aromatic heterocycles. The maximum absolute atomic E-state index is 13.6. The van der Waals surface area contributed by atoms with Crippen molar-refractivity contribution in [3.63, 3.8) is 0 Å². The number of benzene rings is 2. The number of allylic oxidation sites excluding steroid dienone is 1. The first-order valence-electron chi connectivity index (χ1n) is 8.89. The Labute approximate surface area is 166 Å². The fourth-order valence-corrected chi connectivity index (χ4v) is 2.91. The van der Waals surface area contributed by atoms with Crippen LogP contribution in [-0.4, -0.2) is 38.9 Å². The van der Waals surface area contributed by atoms with E-state index in [2.05, 4.69) is 10.3 Å². The van der Waals surface area contributed by atoms with Crippen molar-refractivity contribution in [2.24, 2.45) is 4.99 Å². The largest absolute Gasteiger partial charge is 0.497 e. The Bertz CT molecular complexity index is 865. The highest BCUT2D eigenvalue weighted by molar-refractivity contribution is 5.90. The molecule has 29 heavy (non-hydrogen) atoms. The topological polar surface area (TPSA) is 52.1 Å². The lowest BCUT2D eigenvalue weighted by atomic mass is 10.0. The third kappa shape index (κ3) is 5.29. The number of ether oxygens (including phenoxy) is 3. The van der Waals surface area contributed by atoms with E-state index in [0.717, 1.165) is 11.6 Å². The van der Waals surface area contributed by atoms with Gasteiger partial charge in [0.1, 0.15) is 17.5 Å². The molecule has 1 heterocycles. The van der Waals surface area contributed by atoms with Crippen molar-refractivity contribution in [3.8, 4) is 5.75 Å². The number of hydrogen-bond acceptors (Lipinski definition) is 5. The van der Waals surface area contributed by atoms with E-state index in [4.69, 9.17) is 14.2 Å². The molecule has 0 amide bonds. The number of nitrogens with zero attached hydrogens (tertiary/aromatic N) is 1. The van der Waals surface area contributed by atoms with Crippen LogP contribution < -0.4 is 10.1 Å². The van der Waals surface area contributed by atoms with E-state index in [1.165, 1.54) is 26.4 Å². The Morgan fingerprint density at radius 1 is 1.10 bits per heavy atom. The van der Waals surface area contributed by atoms with Gasteiger partial charge in [0.05, 0.1) is 13.7 Å². The second-order valence-corrected chi connectivity index (χ2v) is 6.35. The molecule has 1 aliphatic rings. The number of alkyl halides is 3. The lowest BCUT2D eigenvalue weighted by molar-refractivity contribution is -0.0902. The molecular formula is C21H21F3N2O3. The van der Waals surface area contributed by atoms with Gasteiger partial charge in [-0.1, -0.05) is 30.3 Å². The molecule has 3 rings (SSSR count). The van der Waals surface area contributed by atoms with E-state index in [-0.39, 0.29) is 18.2 Å². The first kappa shape index (κ1) is 20.7. The van der Waals surface area contributed by atoms with Crippen LogP contribution in [0.15, 0.2) is 71.4 Å². The van der Waals surface area contributed by atoms with Gasteiger partial charge >= 0.3 is 6.18 Å². The standard InChI is InChI=1S/C21H21F3N2O3/c1-27-13-17-20(14-6-4-3-5-7-14)29-19(26-17)12-18(21(22,23)24)25-15-8-10-16(28-2)11-9-15/h3-12,17,20,25H,13H2,1-2H3/b18-12-/t17-,20-/m0/s1. The Kier molecular flexibility index (Phi) is 6.43. The monoisotopic (exact) mass is 406 g/mol. The van der Waals surface area contributed by atoms with Gasteiger partial charge in [-0.3, -0.25) is 0 Å². The first-order chi connectivity index (χ1) is 13.9. The molecule has 2 aromatic rings. The molecule has 0 fully saturated rings. The van der Waals surface area contributed by atoms with Gasteiger partial charge < -0.3 is 19.5 Å². The quantitative estimate of drug-likeness (QED) is 0.722. The lowest BCUT2D eigenvalue weighted by Crippen LogP contribution is -2.21. The molecule has 0 radical (unpaired) electrons. The predicted molar refractivity (Wildman–Crippen MR) is 104 cm³/mol. The second kappa shape index (κ2) is 9.00. The van der Waals surface area contributed by atoms with E-state index in [1.54, 1.807) is 12.1 Å². The van der Waals surface area contributed by atoms with Gasteiger partial charge in [-0.05, 0) is 29.8 Å². The smallest absolute Gasteiger partial charge is 0.431 e. The Morgan fingerprint density at radius 2 is 1.79 bits per heavy atom. The number of anilines is 1. The van der Waals surface area contributed by atoms with Crippen molar-refractivity contribution in [1.29, 1.82) is 0 Å². The van der Waals surface area contributed by atoms with Crippen LogP contribution in [0.25, 0.3) is 0 Å². The number of halogens is 3. The summed E-state index contributed by atoms with van der Waals surface area (Å²) >= 11 is 0. The predicted octanol–water partition coefficient (Wildman–Crippen LogP) is 4.74. The molecule has 0 aliphatic carbocycles. The van der Waals surface area contributed by atoms with Crippen molar-refractivity contribution in [1.82, 2.24) is 0 Å². The first-order valence-corrected chi connectivity index (χ1v) is 8.89. The molecule has 2 atom stereocenters. The van der Waals surface area contributed by atoms with E-state index < -0.39 is 24.0 Å². The van der Waals surface area contributed by atoms with Crippen LogP contribution >= 0.6 is 0 Å². The minimum Gasteiger partial charge on any atom is -0.497 e. The highest BCUT2D eigenvalue weighted by Gasteiger charge is 2.37. The Morgan fingerprint density at radius 3 is 2.38 bits per heavy atom. The van der Waals surface area contributed by atoms with E-state index in [9.17, 15) is 13.2 Å². The van der Waals surface area contributed by atoms with Crippen molar-refractivity contribution < 1.29 is 27.4 Å². The van der Waals surface area contributed by atoms with Gasteiger partial charge in [0.25, 0.3) is 0 Å². The van der Waals surface area contributed by atoms with Gasteiger partial charge in [-0.15, -0.1) is 0 Å². The van der Waals surface area contributed by atoms with Crippen LogP contribution in [0.1, 0.15) is 11.7 Å². The SMILES string of the molecule is COC[C@@H]1N=C(/C=C(\Nc2ccc(OC)cc2)C(F)(F)F)O[C@H]1c1ccccc1. The highest BCUT2D eigenvalue weighted by atomic mass is 19.4. The number of rotatable bonds is 7. The molecule has 1 N–H and O–H groups in total. The zero-order valence-electron chi connectivity index (χ0n) is 15.9. The van der Waals surface area contributed by atoms with Crippen LogP contribution in [0.2, 0.25) is 0 Å². The van der Waals surface area contributed by atoms with Gasteiger partial charge in [0.2, 0.25) is 5.90 Å². The maximum Gasteiger partial charge on any atom is 0.431 e. The molecule has 2 aromatic carbocycles. The molecule has 0 unspecified atom stereocenters. The number of aliphatic imine (C=N–C) groups is 1. The fraction of sp³-hybridized carbons (Fsp3) is 0.286. The molecule has 0 bridgehead atoms. The summed E-state index contributed by atoms with van der Waals surface area (Å²) in [6, 6.07) is 14.9. The number of hydrogen-bond donors (Lipinski definition) is 1. The summed E-state index contributed by atoms with van der Waals surface area (Å²) in [5.74, 6) is 0.443. The molecule has 5 nitrogen and oxygen atoms in total. The van der Waals surface area contributed by atoms with Crippen LogP contribution in [0.3, 0.4) is 0 Å². The van der Waals surface area contributed by atoms with Crippen molar-refractivity contribution in [2.75, 3.05) is 26.1 Å². The molecular weight excluding hydrogens is 385 g/mol. The summed E-state index contributed by atoms with van der Waals surface area (Å²) in [5, 5.41) is 2.39. The summed E-state index contributed by atoms with van der Waals surface area (Å²) in [5.41, 5.74) is 0.102. The van der Waals surface area contributed by atoms with Crippen LogP contribution in [0, 0.1) is 0 Å². The molecule has 0 spiro atoms. The van der Waals surface area contributed by atoms with Crippen LogP contribution in [0.5, 0.6) is 5.75 Å². The fourth-order valence-electron chi connectivity index (χ4n) is 2.91. The normalized spacial score (nSPS) is 19.5. The zero-order valence-corrected chi connectivity index (χ0v) is 15.9. The third-order valence-electron chi connectivity index (χ3n) is 4.30. The lowest BCUT2D eigenvalue weighted by Gasteiger charge is -2.17. The van der Waals surface area contributed by atoms with E-state index in [1.807, 2.05) is 30.3 Å². The van der Waals surface area contributed by atoms with E-state index >= 15 is 0 Å². The number of methoxy groups -OCH3 is 2. The van der Waals surface area contributed by atoms with Gasteiger partial charge in [0.15, 0.2) is 6.10 Å². The highest BCUT2D eigenvalue weighted by Crippen LogP contribution is 2.32. The van der Waals surface area contributed by atoms with Crippen LogP contribution in [-0.2, 0) is 9.47 Å². The maximum atomic E-state index is 13.6. The summed E-state index contributed by atoms with van der Waals surface area (Å²) in [6.45, 7) is 0.226. The molecule has 8 heteroatoms. The van der Waals surface area contributed by atoms with E-state index in [0.29, 0.717) is 5.75 Å². The van der Waals surface area contributed by atoms with Crippen LogP contribution in [0.4, 0.5) is 18.9 Å². The summed E-state index contributed by atoms with van der Waals surface area (Å²) < 4.78 is 56.7. The van der Waals surface area contributed by atoms with Crippen molar-refractivity contribution in [3.05, 3.63) is 71.9 Å². The van der Waals surface area contributed by atoms with Crippen molar-refractivity contribution >= 4 is 11.6 Å². The zero-order chi connectivity index (χ0) is 20.9. The molecule has 1 aliphatic heterocycles. The van der Waals surface area contributed by atoms with Gasteiger partial charge in [-0.2, -0.15) is 13.2 Å². The minimum atomic E-state index is -4.62. The second-order valence-electron chi connectivity index (χ2n) is 6.35. The number of nitrogens with one attached hydrogen (secondary N) is 1. The third-order valence-corrected chi connectivity index (χ3v) is 4.30. The molecule has 154 valence electrons. The van der Waals surface area contributed by atoms with Crippen molar-refractivity contribution in [2.45, 2.75) is 18.3 Å². The minimum absolute atomic E-state index is 0.103. The summed E-state index contributed by atoms with van der Waals surface area (Å²) in [4.78, 5) is 4.29. The van der Waals surface area contributed by atoms with Gasteiger partial charge in [-0.25, -0.2) is 4.99 Å².